The molecule has 1 aliphatic rings. The van der Waals surface area contributed by atoms with Crippen LogP contribution in [0.4, 0.5) is 11.4 Å². The van der Waals surface area contributed by atoms with Gasteiger partial charge in [-0.05, 0) is 54.8 Å². The fourth-order valence-corrected chi connectivity index (χ4v) is 3.75. The first-order valence-electron chi connectivity index (χ1n) is 9.89. The highest BCUT2D eigenvalue weighted by Gasteiger charge is 2.25. The number of fused-ring (bicyclic) bond motifs is 1. The molecule has 0 saturated carbocycles. The van der Waals surface area contributed by atoms with Crippen LogP contribution < -0.4 is 15.0 Å². The second-order valence-electron chi connectivity index (χ2n) is 7.19. The molecule has 3 aromatic carbocycles. The lowest BCUT2D eigenvalue weighted by atomic mass is 10.1. The number of anilines is 2. The zero-order chi connectivity index (χ0) is 21.8. The molecule has 2 amide bonds. The molecule has 1 aliphatic heterocycles. The predicted molar refractivity (Wildman–Crippen MR) is 123 cm³/mol. The molecule has 1 heterocycles. The highest BCUT2D eigenvalue weighted by Crippen LogP contribution is 2.35. The number of carbonyl (C=O) groups is 2. The number of benzene rings is 3. The molecule has 0 aromatic heterocycles. The van der Waals surface area contributed by atoms with Crippen LogP contribution in [-0.2, 0) is 11.2 Å². The maximum Gasteiger partial charge on any atom is 0.265 e. The normalized spacial score (nSPS) is 12.8. The summed E-state index contributed by atoms with van der Waals surface area (Å²) in [5.74, 6) is 0.192. The largest absolute Gasteiger partial charge is 0.482 e. The Hall–Kier alpha value is -3.02. The van der Waals surface area contributed by atoms with Crippen molar-refractivity contribution in [2.75, 3.05) is 23.4 Å². The summed E-state index contributed by atoms with van der Waals surface area (Å²) in [6.07, 6.45) is 1.68. The maximum absolute atomic E-state index is 12.6. The Kier molecular flexibility index (Phi) is 6.44. The smallest absolute Gasteiger partial charge is 0.265 e. The van der Waals surface area contributed by atoms with E-state index in [4.69, 9.17) is 27.9 Å². The second-order valence-corrected chi connectivity index (χ2v) is 8.00. The van der Waals surface area contributed by atoms with Gasteiger partial charge in [-0.15, -0.1) is 0 Å². The summed E-state index contributed by atoms with van der Waals surface area (Å²) in [5.41, 5.74) is 2.82. The van der Waals surface area contributed by atoms with Crippen molar-refractivity contribution in [2.24, 2.45) is 0 Å². The molecule has 0 radical (unpaired) electrons. The SMILES string of the molecule is O=C(Nc1ccc2c(c1)N(CCCc1ccccc1)C(=O)CO2)c1ccc(Cl)c(Cl)c1. The Balaban J connectivity index is 1.49. The van der Waals surface area contributed by atoms with Crippen LogP contribution in [0.1, 0.15) is 22.3 Å². The van der Waals surface area contributed by atoms with Crippen molar-refractivity contribution in [3.63, 3.8) is 0 Å². The van der Waals surface area contributed by atoms with E-state index in [0.717, 1.165) is 12.8 Å². The monoisotopic (exact) mass is 454 g/mol. The number of nitrogens with zero attached hydrogens (tertiary/aromatic N) is 1. The number of hydrogen-bond acceptors (Lipinski definition) is 3. The second kappa shape index (κ2) is 9.41. The summed E-state index contributed by atoms with van der Waals surface area (Å²) < 4.78 is 5.57. The first-order valence-corrected chi connectivity index (χ1v) is 10.6. The summed E-state index contributed by atoms with van der Waals surface area (Å²) in [7, 11) is 0. The lowest BCUT2D eigenvalue weighted by Gasteiger charge is -2.30. The Morgan fingerprint density at radius 1 is 1.00 bits per heavy atom. The quantitative estimate of drug-likeness (QED) is 0.526. The zero-order valence-corrected chi connectivity index (χ0v) is 18.1. The van der Waals surface area contributed by atoms with Crippen molar-refractivity contribution in [1.82, 2.24) is 0 Å². The molecule has 3 aromatic rings. The summed E-state index contributed by atoms with van der Waals surface area (Å²) in [6, 6.07) is 20.1. The van der Waals surface area contributed by atoms with Gasteiger partial charge in [0.05, 0.1) is 15.7 Å². The lowest BCUT2D eigenvalue weighted by molar-refractivity contribution is -0.121. The molecule has 0 aliphatic carbocycles. The average Bonchev–Trinajstić information content (AvgIpc) is 2.78. The predicted octanol–water partition coefficient (Wildman–Crippen LogP) is 5.60. The first kappa shape index (κ1) is 21.2. The standard InChI is InChI=1S/C24H20Cl2N2O3/c25-19-10-8-17(13-20(19)26)24(30)27-18-9-11-22-21(14-18)28(23(29)15-31-22)12-4-7-16-5-2-1-3-6-16/h1-3,5-6,8-11,13-14H,4,7,12,15H2,(H,27,30). The zero-order valence-electron chi connectivity index (χ0n) is 16.6. The van der Waals surface area contributed by atoms with Gasteiger partial charge in [0.2, 0.25) is 0 Å². The van der Waals surface area contributed by atoms with Crippen LogP contribution in [0, 0.1) is 0 Å². The fraction of sp³-hybridized carbons (Fsp3) is 0.167. The van der Waals surface area contributed by atoms with Crippen molar-refractivity contribution in [1.29, 1.82) is 0 Å². The molecule has 31 heavy (non-hydrogen) atoms. The van der Waals surface area contributed by atoms with Gasteiger partial charge >= 0.3 is 0 Å². The van der Waals surface area contributed by atoms with Crippen LogP contribution in [0.5, 0.6) is 5.75 Å². The topological polar surface area (TPSA) is 58.6 Å². The molecule has 7 heteroatoms. The number of hydrogen-bond donors (Lipinski definition) is 1. The number of aryl methyl sites for hydroxylation is 1. The van der Waals surface area contributed by atoms with Crippen molar-refractivity contribution in [3.8, 4) is 5.75 Å². The number of halogens is 2. The molecular formula is C24H20Cl2N2O3. The van der Waals surface area contributed by atoms with Crippen molar-refractivity contribution in [2.45, 2.75) is 12.8 Å². The van der Waals surface area contributed by atoms with Crippen molar-refractivity contribution in [3.05, 3.63) is 87.9 Å². The van der Waals surface area contributed by atoms with Gasteiger partial charge in [0.25, 0.3) is 11.8 Å². The molecule has 0 spiro atoms. The van der Waals surface area contributed by atoms with Gasteiger partial charge in [0.15, 0.2) is 6.61 Å². The van der Waals surface area contributed by atoms with Gasteiger partial charge in [-0.3, -0.25) is 9.59 Å². The van der Waals surface area contributed by atoms with Crippen LogP contribution >= 0.6 is 23.2 Å². The van der Waals surface area contributed by atoms with E-state index in [1.54, 1.807) is 35.2 Å². The number of rotatable bonds is 6. The van der Waals surface area contributed by atoms with E-state index in [0.29, 0.717) is 39.3 Å². The molecular weight excluding hydrogens is 435 g/mol. The molecule has 0 fully saturated rings. The summed E-state index contributed by atoms with van der Waals surface area (Å²) in [5, 5.41) is 3.53. The average molecular weight is 455 g/mol. The minimum Gasteiger partial charge on any atom is -0.482 e. The Labute approximate surface area is 190 Å². The molecule has 1 N–H and O–H groups in total. The van der Waals surface area contributed by atoms with E-state index in [9.17, 15) is 9.59 Å². The van der Waals surface area contributed by atoms with Crippen molar-refractivity contribution < 1.29 is 14.3 Å². The van der Waals surface area contributed by atoms with E-state index >= 15 is 0 Å². The van der Waals surface area contributed by atoms with Crippen LogP contribution in [-0.4, -0.2) is 25.0 Å². The third-order valence-electron chi connectivity index (χ3n) is 5.03. The first-order chi connectivity index (χ1) is 15.0. The minimum atomic E-state index is -0.322. The summed E-state index contributed by atoms with van der Waals surface area (Å²) in [6.45, 7) is 0.571. The van der Waals surface area contributed by atoms with Crippen LogP contribution in [0.3, 0.4) is 0 Å². The molecule has 4 rings (SSSR count). The molecule has 0 saturated heterocycles. The third-order valence-corrected chi connectivity index (χ3v) is 5.77. The van der Waals surface area contributed by atoms with E-state index in [1.807, 2.05) is 18.2 Å². The van der Waals surface area contributed by atoms with Crippen molar-refractivity contribution >= 4 is 46.4 Å². The maximum atomic E-state index is 12.6. The minimum absolute atomic E-state index is 0.00726. The molecule has 0 atom stereocenters. The van der Waals surface area contributed by atoms with Gasteiger partial charge in [-0.1, -0.05) is 53.5 Å². The number of ether oxygens (including phenoxy) is 1. The highest BCUT2D eigenvalue weighted by atomic mass is 35.5. The van der Waals surface area contributed by atoms with Gasteiger partial charge in [0.1, 0.15) is 5.75 Å². The van der Waals surface area contributed by atoms with E-state index in [1.165, 1.54) is 11.6 Å². The molecule has 5 nitrogen and oxygen atoms in total. The number of amides is 2. The van der Waals surface area contributed by atoms with Gasteiger partial charge in [0, 0.05) is 17.8 Å². The van der Waals surface area contributed by atoms with E-state index in [-0.39, 0.29) is 18.4 Å². The van der Waals surface area contributed by atoms with Crippen LogP contribution in [0.25, 0.3) is 0 Å². The highest BCUT2D eigenvalue weighted by molar-refractivity contribution is 6.42. The summed E-state index contributed by atoms with van der Waals surface area (Å²) in [4.78, 5) is 26.8. The van der Waals surface area contributed by atoms with Gasteiger partial charge in [-0.2, -0.15) is 0 Å². The Morgan fingerprint density at radius 2 is 1.81 bits per heavy atom. The lowest BCUT2D eigenvalue weighted by Crippen LogP contribution is -2.39. The van der Waals surface area contributed by atoms with E-state index < -0.39 is 0 Å². The molecule has 0 bridgehead atoms. The van der Waals surface area contributed by atoms with Gasteiger partial charge in [-0.25, -0.2) is 0 Å². The third kappa shape index (κ3) is 5.01. The Bertz CT molecular complexity index is 1120. The van der Waals surface area contributed by atoms with Crippen LogP contribution in [0.2, 0.25) is 10.0 Å². The number of carbonyl (C=O) groups excluding carboxylic acids is 2. The molecule has 158 valence electrons. The van der Waals surface area contributed by atoms with E-state index in [2.05, 4.69) is 17.4 Å². The molecule has 0 unspecified atom stereocenters. The summed E-state index contributed by atoms with van der Waals surface area (Å²) >= 11 is 11.9. The van der Waals surface area contributed by atoms with Gasteiger partial charge < -0.3 is 15.0 Å². The number of nitrogens with one attached hydrogen (secondary N) is 1. The Morgan fingerprint density at radius 3 is 2.58 bits per heavy atom. The fourth-order valence-electron chi connectivity index (χ4n) is 3.45. The van der Waals surface area contributed by atoms with Crippen LogP contribution in [0.15, 0.2) is 66.7 Å².